The number of amides is 3. The first-order chi connectivity index (χ1) is 11.1. The zero-order chi connectivity index (χ0) is 16.4. The first-order valence-electron chi connectivity index (χ1n) is 7.25. The van der Waals surface area contributed by atoms with E-state index in [1.54, 1.807) is 18.2 Å². The number of aromatic nitrogens is 1. The van der Waals surface area contributed by atoms with E-state index in [1.807, 2.05) is 0 Å². The Bertz CT molecular complexity index is 770. The van der Waals surface area contributed by atoms with Crippen molar-refractivity contribution in [2.24, 2.45) is 0 Å². The van der Waals surface area contributed by atoms with Crippen molar-refractivity contribution in [1.82, 2.24) is 10.3 Å². The molecule has 0 bridgehead atoms. The number of nitrogens with zero attached hydrogens (tertiary/aromatic N) is 2. The predicted molar refractivity (Wildman–Crippen MR) is 85.4 cm³/mol. The fourth-order valence-corrected chi connectivity index (χ4v) is 3.36. The van der Waals surface area contributed by atoms with Crippen molar-refractivity contribution in [1.29, 1.82) is 0 Å². The number of aliphatic hydroxyl groups is 1. The topological polar surface area (TPSA) is 99.6 Å². The minimum absolute atomic E-state index is 0.0232. The van der Waals surface area contributed by atoms with Gasteiger partial charge in [0, 0.05) is 31.6 Å². The van der Waals surface area contributed by atoms with Gasteiger partial charge in [-0.25, -0.2) is 9.88 Å². The van der Waals surface area contributed by atoms with Crippen LogP contribution in [0.2, 0.25) is 0 Å². The molecule has 8 heteroatoms. The van der Waals surface area contributed by atoms with Crippen LogP contribution in [0.25, 0.3) is 10.2 Å². The summed E-state index contributed by atoms with van der Waals surface area (Å²) < 4.78 is 0.738. The van der Waals surface area contributed by atoms with Gasteiger partial charge < -0.3 is 10.4 Å². The maximum absolute atomic E-state index is 12.0. The summed E-state index contributed by atoms with van der Waals surface area (Å²) in [7, 11) is 0. The van der Waals surface area contributed by atoms with E-state index in [9.17, 15) is 14.4 Å². The second-order valence-corrected chi connectivity index (χ2v) is 6.14. The summed E-state index contributed by atoms with van der Waals surface area (Å²) in [5.41, 5.74) is 1.12. The molecule has 3 rings (SSSR count). The summed E-state index contributed by atoms with van der Waals surface area (Å²) in [5, 5.41) is 11.8. The van der Waals surface area contributed by atoms with E-state index in [-0.39, 0.29) is 37.2 Å². The molecule has 7 nitrogen and oxygen atoms in total. The molecule has 3 amide bonds. The van der Waals surface area contributed by atoms with Crippen LogP contribution in [-0.4, -0.2) is 41.0 Å². The van der Waals surface area contributed by atoms with Crippen molar-refractivity contribution in [2.45, 2.75) is 19.3 Å². The van der Waals surface area contributed by atoms with E-state index < -0.39 is 0 Å². The first-order valence-corrected chi connectivity index (χ1v) is 8.07. The van der Waals surface area contributed by atoms with Gasteiger partial charge >= 0.3 is 0 Å². The number of hydrogen-bond donors (Lipinski definition) is 2. The number of anilines is 1. The third-order valence-corrected chi connectivity index (χ3v) is 4.51. The van der Waals surface area contributed by atoms with Crippen molar-refractivity contribution in [2.75, 3.05) is 18.1 Å². The highest BCUT2D eigenvalue weighted by molar-refractivity contribution is 7.22. The van der Waals surface area contributed by atoms with Gasteiger partial charge in [0.2, 0.25) is 11.8 Å². The van der Waals surface area contributed by atoms with Gasteiger partial charge in [-0.3, -0.25) is 14.4 Å². The van der Waals surface area contributed by atoms with Gasteiger partial charge in [0.25, 0.3) is 5.91 Å². The molecule has 1 aromatic heterocycles. The number of imide groups is 1. The molecule has 1 aliphatic rings. The highest BCUT2D eigenvalue weighted by Gasteiger charge is 2.32. The normalized spacial score (nSPS) is 14.7. The summed E-state index contributed by atoms with van der Waals surface area (Å²) in [6.07, 6.45) is 0.929. The standard InChI is InChI=1S/C15H15N3O4S/c19-7-1-6-16-14(22)9-2-3-10-11(8-9)23-15(17-10)18-12(20)4-5-13(18)21/h2-3,8,19H,1,4-7H2,(H,16,22). The molecule has 0 aliphatic carbocycles. The molecule has 1 saturated heterocycles. The maximum atomic E-state index is 12.0. The zero-order valence-electron chi connectivity index (χ0n) is 12.2. The molecule has 2 aromatic rings. The number of benzene rings is 1. The second-order valence-electron chi connectivity index (χ2n) is 5.13. The molecule has 2 N–H and O–H groups in total. The monoisotopic (exact) mass is 333 g/mol. The summed E-state index contributed by atoms with van der Waals surface area (Å²) in [6.45, 7) is 0.424. The highest BCUT2D eigenvalue weighted by atomic mass is 32.1. The van der Waals surface area contributed by atoms with E-state index >= 15 is 0 Å². The van der Waals surface area contributed by atoms with Gasteiger partial charge in [-0.1, -0.05) is 11.3 Å². The quantitative estimate of drug-likeness (QED) is 0.630. The van der Waals surface area contributed by atoms with Crippen molar-refractivity contribution in [3.63, 3.8) is 0 Å². The Morgan fingerprint density at radius 3 is 2.74 bits per heavy atom. The van der Waals surface area contributed by atoms with Crippen molar-refractivity contribution >= 4 is 44.4 Å². The number of fused-ring (bicyclic) bond motifs is 1. The van der Waals surface area contributed by atoms with Crippen molar-refractivity contribution < 1.29 is 19.5 Å². The minimum Gasteiger partial charge on any atom is -0.396 e. The smallest absolute Gasteiger partial charge is 0.251 e. The van der Waals surface area contributed by atoms with Gasteiger partial charge in [0.15, 0.2) is 5.13 Å². The van der Waals surface area contributed by atoms with Crippen LogP contribution in [0, 0.1) is 0 Å². The van der Waals surface area contributed by atoms with Gasteiger partial charge in [0.05, 0.1) is 10.2 Å². The molecule has 0 atom stereocenters. The number of thiazole rings is 1. The number of carbonyl (C=O) groups excluding carboxylic acids is 3. The largest absolute Gasteiger partial charge is 0.396 e. The Hall–Kier alpha value is -2.32. The van der Waals surface area contributed by atoms with Crippen LogP contribution in [-0.2, 0) is 9.59 Å². The molecular weight excluding hydrogens is 318 g/mol. The maximum Gasteiger partial charge on any atom is 0.251 e. The molecule has 23 heavy (non-hydrogen) atoms. The van der Waals surface area contributed by atoms with Crippen molar-refractivity contribution in [3.8, 4) is 0 Å². The molecule has 0 unspecified atom stereocenters. The van der Waals surface area contributed by atoms with Crippen LogP contribution in [0.15, 0.2) is 18.2 Å². The van der Waals surface area contributed by atoms with E-state index in [2.05, 4.69) is 10.3 Å². The summed E-state index contributed by atoms with van der Waals surface area (Å²) >= 11 is 1.22. The van der Waals surface area contributed by atoms with E-state index in [0.29, 0.717) is 29.2 Å². The SMILES string of the molecule is O=C(NCCCO)c1ccc2nc(N3C(=O)CCC3=O)sc2c1. The fourth-order valence-electron chi connectivity index (χ4n) is 2.32. The third-order valence-electron chi connectivity index (χ3n) is 3.50. The lowest BCUT2D eigenvalue weighted by molar-refractivity contribution is -0.121. The molecule has 2 heterocycles. The van der Waals surface area contributed by atoms with Crippen LogP contribution in [0.4, 0.5) is 5.13 Å². The highest BCUT2D eigenvalue weighted by Crippen LogP contribution is 2.32. The molecule has 1 aromatic carbocycles. The van der Waals surface area contributed by atoms with E-state index in [1.165, 1.54) is 11.3 Å². The van der Waals surface area contributed by atoms with Crippen LogP contribution < -0.4 is 10.2 Å². The Morgan fingerprint density at radius 1 is 1.30 bits per heavy atom. The molecule has 0 radical (unpaired) electrons. The number of rotatable bonds is 5. The molecular formula is C15H15N3O4S. The van der Waals surface area contributed by atoms with Gasteiger partial charge in [-0.2, -0.15) is 0 Å². The molecule has 0 spiro atoms. The summed E-state index contributed by atoms with van der Waals surface area (Å²) in [4.78, 5) is 41.0. The average Bonchev–Trinajstić information content (AvgIpc) is 3.09. The van der Waals surface area contributed by atoms with Crippen LogP contribution in [0.1, 0.15) is 29.6 Å². The van der Waals surface area contributed by atoms with Crippen LogP contribution in [0.3, 0.4) is 0 Å². The van der Waals surface area contributed by atoms with Gasteiger partial charge in [-0.05, 0) is 24.6 Å². The Morgan fingerprint density at radius 2 is 2.04 bits per heavy atom. The Balaban J connectivity index is 1.85. The number of carbonyl (C=O) groups is 3. The van der Waals surface area contributed by atoms with Crippen LogP contribution in [0.5, 0.6) is 0 Å². The predicted octanol–water partition coefficient (Wildman–Crippen LogP) is 1.06. The lowest BCUT2D eigenvalue weighted by Gasteiger charge is -2.07. The summed E-state index contributed by atoms with van der Waals surface area (Å²) in [5.74, 6) is -0.712. The lowest BCUT2D eigenvalue weighted by atomic mass is 10.2. The van der Waals surface area contributed by atoms with Crippen molar-refractivity contribution in [3.05, 3.63) is 23.8 Å². The zero-order valence-corrected chi connectivity index (χ0v) is 13.1. The Labute approximate surface area is 135 Å². The van der Waals surface area contributed by atoms with E-state index in [4.69, 9.17) is 5.11 Å². The minimum atomic E-state index is -0.240. The first kappa shape index (κ1) is 15.6. The van der Waals surface area contributed by atoms with Gasteiger partial charge in [-0.15, -0.1) is 0 Å². The molecule has 0 saturated carbocycles. The molecule has 1 aliphatic heterocycles. The number of nitrogens with one attached hydrogen (secondary N) is 1. The van der Waals surface area contributed by atoms with Crippen LogP contribution >= 0.6 is 11.3 Å². The average molecular weight is 333 g/mol. The third kappa shape index (κ3) is 3.08. The number of aliphatic hydroxyl groups excluding tert-OH is 1. The summed E-state index contributed by atoms with van der Waals surface area (Å²) in [6, 6.07) is 5.03. The van der Waals surface area contributed by atoms with E-state index in [0.717, 1.165) is 9.60 Å². The second kappa shape index (κ2) is 6.43. The van der Waals surface area contributed by atoms with Gasteiger partial charge in [0.1, 0.15) is 0 Å². The number of hydrogen-bond acceptors (Lipinski definition) is 6. The fraction of sp³-hybridized carbons (Fsp3) is 0.333. The molecule has 1 fully saturated rings. The lowest BCUT2D eigenvalue weighted by Crippen LogP contribution is -2.28. The Kier molecular flexibility index (Phi) is 4.35. The molecule has 120 valence electrons.